The van der Waals surface area contributed by atoms with Crippen LogP contribution in [0.4, 0.5) is 4.79 Å². The first kappa shape index (κ1) is 24.3. The molecule has 1 amide bonds. The van der Waals surface area contributed by atoms with E-state index in [4.69, 9.17) is 4.74 Å². The fourth-order valence-electron chi connectivity index (χ4n) is 5.50. The Hall–Kier alpha value is -2.86. The molecule has 6 heteroatoms. The Morgan fingerprint density at radius 1 is 1.00 bits per heavy atom. The fourth-order valence-corrected chi connectivity index (χ4v) is 5.50. The molecule has 1 atom stereocenters. The molecule has 2 aromatic rings. The second-order valence-corrected chi connectivity index (χ2v) is 10.4. The van der Waals surface area contributed by atoms with Gasteiger partial charge >= 0.3 is 12.1 Å². The molecule has 2 aliphatic rings. The predicted octanol–water partition coefficient (Wildman–Crippen LogP) is 5.27. The van der Waals surface area contributed by atoms with Gasteiger partial charge in [0.15, 0.2) is 0 Å². The molecule has 34 heavy (non-hydrogen) atoms. The first-order chi connectivity index (χ1) is 16.3. The first-order valence-electron chi connectivity index (χ1n) is 12.4. The van der Waals surface area contributed by atoms with E-state index in [-0.39, 0.29) is 17.9 Å². The maximum Gasteiger partial charge on any atom is 0.407 e. The lowest BCUT2D eigenvalue weighted by Gasteiger charge is -2.34. The summed E-state index contributed by atoms with van der Waals surface area (Å²) in [7, 11) is 0. The monoisotopic (exact) mass is 464 g/mol. The topological polar surface area (TPSA) is 78.9 Å². The molecular formula is C28H36N2O4. The Labute approximate surface area is 202 Å². The van der Waals surface area contributed by atoms with Crippen LogP contribution >= 0.6 is 0 Å². The van der Waals surface area contributed by atoms with Gasteiger partial charge in [-0.2, -0.15) is 0 Å². The van der Waals surface area contributed by atoms with Crippen LogP contribution < -0.4 is 5.32 Å². The van der Waals surface area contributed by atoms with Gasteiger partial charge in [0.05, 0.1) is 0 Å². The van der Waals surface area contributed by atoms with Crippen molar-refractivity contribution >= 4 is 12.1 Å². The number of likely N-dealkylation sites (tertiary alicyclic amines) is 1. The number of benzene rings is 2. The summed E-state index contributed by atoms with van der Waals surface area (Å²) < 4.78 is 5.58. The maximum absolute atomic E-state index is 12.7. The summed E-state index contributed by atoms with van der Waals surface area (Å²) in [4.78, 5) is 27.0. The minimum Gasteiger partial charge on any atom is -0.480 e. The van der Waals surface area contributed by atoms with Crippen LogP contribution in [0.15, 0.2) is 48.5 Å². The van der Waals surface area contributed by atoms with Gasteiger partial charge in [0.2, 0.25) is 0 Å². The quantitative estimate of drug-likeness (QED) is 0.556. The van der Waals surface area contributed by atoms with Crippen molar-refractivity contribution in [3.8, 4) is 11.1 Å². The van der Waals surface area contributed by atoms with Crippen LogP contribution in [0, 0.1) is 5.41 Å². The highest BCUT2D eigenvalue weighted by Gasteiger charge is 2.33. The van der Waals surface area contributed by atoms with Crippen LogP contribution in [0.2, 0.25) is 0 Å². The van der Waals surface area contributed by atoms with Crippen molar-refractivity contribution < 1.29 is 19.4 Å². The molecule has 6 nitrogen and oxygen atoms in total. The lowest BCUT2D eigenvalue weighted by molar-refractivity contribution is -0.140. The maximum atomic E-state index is 12.7. The van der Waals surface area contributed by atoms with Gasteiger partial charge in [-0.3, -0.25) is 0 Å². The highest BCUT2D eigenvalue weighted by molar-refractivity contribution is 5.81. The van der Waals surface area contributed by atoms with Crippen LogP contribution in [-0.4, -0.2) is 54.4 Å². The van der Waals surface area contributed by atoms with Gasteiger partial charge in [0.1, 0.15) is 12.6 Å². The van der Waals surface area contributed by atoms with Crippen LogP contribution in [-0.2, 0) is 9.53 Å². The number of amides is 1. The SMILES string of the molecule is CC(C)(CC(NC(=O)OCC1c2ccccc2-c2ccccc21)C(=O)O)CN1CCCCCC1. The van der Waals surface area contributed by atoms with Crippen LogP contribution in [0.3, 0.4) is 0 Å². The van der Waals surface area contributed by atoms with E-state index in [9.17, 15) is 14.7 Å². The predicted molar refractivity (Wildman–Crippen MR) is 133 cm³/mol. The average molecular weight is 465 g/mol. The second kappa shape index (κ2) is 10.6. The normalized spacial score (nSPS) is 17.4. The highest BCUT2D eigenvalue weighted by Crippen LogP contribution is 2.44. The van der Waals surface area contributed by atoms with Crippen molar-refractivity contribution in [2.75, 3.05) is 26.2 Å². The molecule has 1 aliphatic carbocycles. The zero-order chi connectivity index (χ0) is 24.1. The van der Waals surface area contributed by atoms with E-state index in [0.29, 0.717) is 6.42 Å². The number of hydrogen-bond acceptors (Lipinski definition) is 4. The molecule has 1 unspecified atom stereocenters. The lowest BCUT2D eigenvalue weighted by atomic mass is 9.85. The van der Waals surface area contributed by atoms with E-state index < -0.39 is 18.1 Å². The van der Waals surface area contributed by atoms with Gasteiger partial charge in [-0.15, -0.1) is 0 Å². The van der Waals surface area contributed by atoms with Crippen molar-refractivity contribution in [3.63, 3.8) is 0 Å². The third kappa shape index (κ3) is 5.79. The summed E-state index contributed by atoms with van der Waals surface area (Å²) in [6.45, 7) is 7.26. The largest absolute Gasteiger partial charge is 0.480 e. The van der Waals surface area contributed by atoms with Crippen LogP contribution in [0.1, 0.15) is 63.0 Å². The van der Waals surface area contributed by atoms with Gasteiger partial charge in [0.25, 0.3) is 0 Å². The standard InChI is InChI=1S/C28H36N2O4/c1-28(2,19-30-15-9-3-4-10-16-30)17-25(26(31)32)29-27(33)34-18-24-22-13-7-5-11-20(22)21-12-6-8-14-23(21)24/h5-8,11-14,24-25H,3-4,9-10,15-19H2,1-2H3,(H,29,33)(H,31,32). The Kier molecular flexibility index (Phi) is 7.57. The van der Waals surface area contributed by atoms with Gasteiger partial charge in [0, 0.05) is 12.5 Å². The Bertz CT molecular complexity index is 965. The molecule has 0 aromatic heterocycles. The van der Waals surface area contributed by atoms with Crippen molar-refractivity contribution in [2.45, 2.75) is 57.9 Å². The molecule has 0 radical (unpaired) electrons. The number of nitrogens with zero attached hydrogens (tertiary/aromatic N) is 1. The van der Waals surface area contributed by atoms with Crippen molar-refractivity contribution in [1.82, 2.24) is 10.2 Å². The Morgan fingerprint density at radius 2 is 1.56 bits per heavy atom. The van der Waals surface area contributed by atoms with Crippen molar-refractivity contribution in [3.05, 3.63) is 59.7 Å². The van der Waals surface area contributed by atoms with Crippen molar-refractivity contribution in [1.29, 1.82) is 0 Å². The molecule has 2 N–H and O–H groups in total. The molecule has 1 fully saturated rings. The molecule has 0 bridgehead atoms. The van der Waals surface area contributed by atoms with Crippen molar-refractivity contribution in [2.24, 2.45) is 5.41 Å². The number of ether oxygens (including phenoxy) is 1. The molecule has 4 rings (SSSR count). The number of carbonyl (C=O) groups is 2. The minimum atomic E-state index is -1.03. The van der Waals surface area contributed by atoms with Gasteiger partial charge in [-0.05, 0) is 60.0 Å². The molecule has 1 saturated heterocycles. The van der Waals surface area contributed by atoms with Gasteiger partial charge < -0.3 is 20.1 Å². The molecule has 0 saturated carbocycles. The highest BCUT2D eigenvalue weighted by atomic mass is 16.5. The number of aliphatic carboxylic acids is 1. The number of rotatable bonds is 8. The smallest absolute Gasteiger partial charge is 0.407 e. The summed E-state index contributed by atoms with van der Waals surface area (Å²) >= 11 is 0. The number of carboxylic acids is 1. The second-order valence-electron chi connectivity index (χ2n) is 10.4. The number of hydrogen-bond donors (Lipinski definition) is 2. The summed E-state index contributed by atoms with van der Waals surface area (Å²) in [6, 6.07) is 15.3. The molecule has 0 spiro atoms. The van der Waals surface area contributed by atoms with E-state index in [0.717, 1.165) is 41.9 Å². The average Bonchev–Trinajstić information content (AvgIpc) is 2.92. The molecule has 182 valence electrons. The Morgan fingerprint density at radius 3 is 2.12 bits per heavy atom. The zero-order valence-electron chi connectivity index (χ0n) is 20.3. The number of nitrogens with one attached hydrogen (secondary N) is 1. The first-order valence-corrected chi connectivity index (χ1v) is 12.4. The molecule has 1 aliphatic heterocycles. The fraction of sp³-hybridized carbons (Fsp3) is 0.500. The third-order valence-electron chi connectivity index (χ3n) is 7.04. The van der Waals surface area contributed by atoms with Crippen LogP contribution in [0.25, 0.3) is 11.1 Å². The van der Waals surface area contributed by atoms with E-state index in [1.54, 1.807) is 0 Å². The summed E-state index contributed by atoms with van der Waals surface area (Å²) in [6.07, 6.45) is 4.58. The van der Waals surface area contributed by atoms with E-state index in [1.807, 2.05) is 24.3 Å². The van der Waals surface area contributed by atoms with E-state index >= 15 is 0 Å². The molecule has 2 aromatic carbocycles. The third-order valence-corrected chi connectivity index (χ3v) is 7.04. The Balaban J connectivity index is 1.36. The van der Waals surface area contributed by atoms with E-state index in [1.165, 1.54) is 25.7 Å². The summed E-state index contributed by atoms with van der Waals surface area (Å²) in [5.41, 5.74) is 4.33. The molecular weight excluding hydrogens is 428 g/mol. The summed E-state index contributed by atoms with van der Waals surface area (Å²) in [5.74, 6) is -1.08. The number of fused-ring (bicyclic) bond motifs is 3. The van der Waals surface area contributed by atoms with E-state index in [2.05, 4.69) is 48.3 Å². The lowest BCUT2D eigenvalue weighted by Crippen LogP contribution is -2.46. The van der Waals surface area contributed by atoms with Crippen LogP contribution in [0.5, 0.6) is 0 Å². The summed E-state index contributed by atoms with van der Waals surface area (Å²) in [5, 5.41) is 12.4. The van der Waals surface area contributed by atoms with Gasteiger partial charge in [-0.25, -0.2) is 9.59 Å². The number of carboxylic acid groups (broad SMARTS) is 1. The van der Waals surface area contributed by atoms with Gasteiger partial charge in [-0.1, -0.05) is 75.2 Å². The zero-order valence-corrected chi connectivity index (χ0v) is 20.3. The molecule has 1 heterocycles. The number of alkyl carbamates (subject to hydrolysis) is 1. The number of carbonyl (C=O) groups excluding carboxylic acids is 1. The minimum absolute atomic E-state index is 0.0547.